The Labute approximate surface area is 239 Å². The van der Waals surface area contributed by atoms with Crippen molar-refractivity contribution in [3.05, 3.63) is 139 Å². The Morgan fingerprint density at radius 3 is 2.54 bits per heavy atom. The first kappa shape index (κ1) is 27.0. The van der Waals surface area contributed by atoms with Crippen LogP contribution in [-0.4, -0.2) is 18.0 Å². The van der Waals surface area contributed by atoms with Crippen molar-refractivity contribution >= 4 is 45.6 Å². The van der Waals surface area contributed by atoms with Gasteiger partial charge in [0.15, 0.2) is 0 Å². The number of nitrogens with zero attached hydrogens (tertiary/aromatic N) is 1. The molecule has 0 saturated heterocycles. The van der Waals surface area contributed by atoms with E-state index < -0.39 is 0 Å². The van der Waals surface area contributed by atoms with Gasteiger partial charge in [-0.3, -0.25) is 9.78 Å². The number of methoxy groups -OCH3 is 1. The maximum Gasteiger partial charge on any atom is 0.248 e. The van der Waals surface area contributed by atoms with Crippen LogP contribution in [0.1, 0.15) is 17.2 Å². The number of nitrogens with two attached hydrogens (primary N) is 1. The summed E-state index contributed by atoms with van der Waals surface area (Å²) in [5, 5.41) is 10.9. The van der Waals surface area contributed by atoms with Crippen molar-refractivity contribution in [1.82, 2.24) is 4.98 Å². The number of fused-ring (bicyclic) bond motifs is 1. The molecule has 0 bridgehead atoms. The van der Waals surface area contributed by atoms with Gasteiger partial charge >= 0.3 is 0 Å². The maximum atomic E-state index is 12.4. The van der Waals surface area contributed by atoms with Crippen LogP contribution in [0, 0.1) is 0 Å². The van der Waals surface area contributed by atoms with E-state index in [1.807, 2.05) is 84.9 Å². The van der Waals surface area contributed by atoms with Gasteiger partial charge in [-0.25, -0.2) is 0 Å². The molecule has 1 atom stereocenters. The molecule has 0 spiro atoms. The molecule has 0 radical (unpaired) electrons. The molecule has 0 aliphatic carbocycles. The summed E-state index contributed by atoms with van der Waals surface area (Å²) in [5.74, 6) is 0.498. The minimum Gasteiger partial charge on any atom is -0.497 e. The third-order valence-electron chi connectivity index (χ3n) is 6.55. The number of aromatic nitrogens is 1. The number of nitrogens with one attached hydrogen (secondary N) is 3. The van der Waals surface area contributed by atoms with Crippen molar-refractivity contribution in [1.29, 1.82) is 0 Å². The van der Waals surface area contributed by atoms with E-state index in [9.17, 15) is 4.79 Å². The van der Waals surface area contributed by atoms with Crippen molar-refractivity contribution in [3.8, 4) is 5.75 Å². The van der Waals surface area contributed by atoms with E-state index in [-0.39, 0.29) is 11.9 Å². The molecule has 1 aromatic heterocycles. The van der Waals surface area contributed by atoms with Crippen molar-refractivity contribution < 1.29 is 9.53 Å². The summed E-state index contributed by atoms with van der Waals surface area (Å²) in [6.07, 6.45) is 5.04. The zero-order chi connectivity index (χ0) is 28.6. The van der Waals surface area contributed by atoms with Crippen LogP contribution in [0.4, 0.5) is 22.7 Å². The predicted molar refractivity (Wildman–Crippen MR) is 169 cm³/mol. The normalized spacial score (nSPS) is 11.6. The van der Waals surface area contributed by atoms with Gasteiger partial charge in [-0.2, -0.15) is 0 Å². The van der Waals surface area contributed by atoms with Crippen LogP contribution in [0.5, 0.6) is 5.75 Å². The minimum atomic E-state index is -0.266. The standard InChI is InChI=1S/C34H31N5O2/c1-23(37-27-8-5-9-29(22-27)41-2)34(38-28-17-18-31-26(21-28)7-6-20-36-31)25-15-12-24(13-16-25)14-19-33(40)39-32-11-4-3-10-30(32)35/h3-22,34,37-38H,1,35H2,2H3,(H,39,40)/b19-14+. The largest absolute Gasteiger partial charge is 0.497 e. The Balaban J connectivity index is 1.36. The lowest BCUT2D eigenvalue weighted by Gasteiger charge is -2.24. The molecule has 7 nitrogen and oxygen atoms in total. The van der Waals surface area contributed by atoms with E-state index in [1.54, 1.807) is 31.5 Å². The van der Waals surface area contributed by atoms with E-state index in [1.165, 1.54) is 6.08 Å². The number of nitrogen functional groups attached to an aromatic ring is 1. The molecule has 4 aromatic carbocycles. The monoisotopic (exact) mass is 541 g/mol. The van der Waals surface area contributed by atoms with Gasteiger partial charge in [0.05, 0.1) is 30.0 Å². The molecule has 204 valence electrons. The van der Waals surface area contributed by atoms with Gasteiger partial charge in [0, 0.05) is 40.8 Å². The first-order chi connectivity index (χ1) is 20.0. The second kappa shape index (κ2) is 12.5. The average molecular weight is 542 g/mol. The molecule has 1 heterocycles. The molecular formula is C34H31N5O2. The molecule has 5 N–H and O–H groups in total. The van der Waals surface area contributed by atoms with Crippen molar-refractivity contribution in [2.45, 2.75) is 6.04 Å². The van der Waals surface area contributed by atoms with Crippen LogP contribution in [0.15, 0.2) is 128 Å². The van der Waals surface area contributed by atoms with Gasteiger partial charge in [0.2, 0.25) is 5.91 Å². The van der Waals surface area contributed by atoms with Crippen molar-refractivity contribution in [3.63, 3.8) is 0 Å². The number of amides is 1. The highest BCUT2D eigenvalue weighted by Gasteiger charge is 2.16. The lowest BCUT2D eigenvalue weighted by molar-refractivity contribution is -0.111. The molecular weight excluding hydrogens is 510 g/mol. The Hall–Kier alpha value is -5.56. The highest BCUT2D eigenvalue weighted by Crippen LogP contribution is 2.30. The fraction of sp³-hybridized carbons (Fsp3) is 0.0588. The topological polar surface area (TPSA) is 101 Å². The van der Waals surface area contributed by atoms with Gasteiger partial charge in [0.1, 0.15) is 5.75 Å². The summed E-state index contributed by atoms with van der Waals surface area (Å²) >= 11 is 0. The molecule has 5 aromatic rings. The fourth-order valence-electron chi connectivity index (χ4n) is 4.42. The molecule has 41 heavy (non-hydrogen) atoms. The van der Waals surface area contributed by atoms with Crippen LogP contribution >= 0.6 is 0 Å². The predicted octanol–water partition coefficient (Wildman–Crippen LogP) is 7.26. The minimum absolute atomic E-state index is 0.256. The highest BCUT2D eigenvalue weighted by molar-refractivity contribution is 6.03. The van der Waals surface area contributed by atoms with Crippen LogP contribution < -0.4 is 26.4 Å². The summed E-state index contributed by atoms with van der Waals surface area (Å²) in [6.45, 7) is 4.37. The van der Waals surface area contributed by atoms with Gasteiger partial charge in [0.25, 0.3) is 0 Å². The van der Waals surface area contributed by atoms with Gasteiger partial charge in [-0.15, -0.1) is 0 Å². The van der Waals surface area contributed by atoms with E-state index in [4.69, 9.17) is 10.5 Å². The van der Waals surface area contributed by atoms with E-state index in [0.29, 0.717) is 11.4 Å². The smallest absolute Gasteiger partial charge is 0.248 e. The molecule has 1 unspecified atom stereocenters. The summed E-state index contributed by atoms with van der Waals surface area (Å²) in [6, 6.07) is 32.6. The number of para-hydroxylation sites is 2. The van der Waals surface area contributed by atoms with E-state index >= 15 is 0 Å². The van der Waals surface area contributed by atoms with Crippen molar-refractivity contribution in [2.24, 2.45) is 0 Å². The molecule has 0 fully saturated rings. The zero-order valence-corrected chi connectivity index (χ0v) is 22.7. The molecule has 7 heteroatoms. The number of benzene rings is 4. The first-order valence-corrected chi connectivity index (χ1v) is 13.1. The number of carbonyl (C=O) groups excluding carboxylic acids is 1. The lowest BCUT2D eigenvalue weighted by Crippen LogP contribution is -2.18. The summed E-state index contributed by atoms with van der Waals surface area (Å²) in [4.78, 5) is 16.8. The van der Waals surface area contributed by atoms with Gasteiger partial charge in [-0.05, 0) is 65.7 Å². The Morgan fingerprint density at radius 2 is 1.73 bits per heavy atom. The third-order valence-corrected chi connectivity index (χ3v) is 6.55. The van der Waals surface area contributed by atoms with Crippen molar-refractivity contribution in [2.75, 3.05) is 28.8 Å². The Kier molecular flexibility index (Phi) is 8.26. The van der Waals surface area contributed by atoms with E-state index in [0.717, 1.165) is 44.9 Å². The molecule has 0 saturated carbocycles. The van der Waals surface area contributed by atoms with Crippen LogP contribution in [-0.2, 0) is 4.79 Å². The second-order valence-corrected chi connectivity index (χ2v) is 9.45. The number of carbonyl (C=O) groups is 1. The second-order valence-electron chi connectivity index (χ2n) is 9.45. The number of rotatable bonds is 10. The van der Waals surface area contributed by atoms with Crippen LogP contribution in [0.3, 0.4) is 0 Å². The number of hydrogen-bond donors (Lipinski definition) is 4. The highest BCUT2D eigenvalue weighted by atomic mass is 16.5. The molecule has 0 aliphatic heterocycles. The third kappa shape index (κ3) is 6.91. The number of ether oxygens (including phenoxy) is 1. The summed E-state index contributed by atoms with van der Waals surface area (Å²) in [7, 11) is 1.64. The molecule has 1 amide bonds. The fourth-order valence-corrected chi connectivity index (χ4v) is 4.42. The first-order valence-electron chi connectivity index (χ1n) is 13.1. The van der Waals surface area contributed by atoms with Gasteiger partial charge < -0.3 is 26.4 Å². The van der Waals surface area contributed by atoms with Crippen LogP contribution in [0.2, 0.25) is 0 Å². The maximum absolute atomic E-state index is 12.4. The summed E-state index contributed by atoms with van der Waals surface area (Å²) in [5.41, 5.74) is 12.4. The SMILES string of the molecule is C=C(Nc1cccc(OC)c1)C(Nc1ccc2ncccc2c1)c1ccc(/C=C/C(=O)Nc2ccccc2N)cc1. The molecule has 0 aliphatic rings. The Bertz CT molecular complexity index is 1710. The quantitative estimate of drug-likeness (QED) is 0.110. The number of pyridine rings is 1. The average Bonchev–Trinajstić information content (AvgIpc) is 3.00. The number of anilines is 4. The number of hydrogen-bond acceptors (Lipinski definition) is 6. The van der Waals surface area contributed by atoms with Crippen LogP contribution in [0.25, 0.3) is 17.0 Å². The Morgan fingerprint density at radius 1 is 0.902 bits per heavy atom. The summed E-state index contributed by atoms with van der Waals surface area (Å²) < 4.78 is 5.38. The van der Waals surface area contributed by atoms with E-state index in [2.05, 4.69) is 33.6 Å². The lowest BCUT2D eigenvalue weighted by atomic mass is 10.0. The van der Waals surface area contributed by atoms with Gasteiger partial charge in [-0.1, -0.05) is 55.1 Å². The zero-order valence-electron chi connectivity index (χ0n) is 22.7. The molecule has 5 rings (SSSR count).